The van der Waals surface area contributed by atoms with Gasteiger partial charge in [0.15, 0.2) is 5.13 Å². The van der Waals surface area contributed by atoms with E-state index in [-0.39, 0.29) is 5.91 Å². The van der Waals surface area contributed by atoms with Gasteiger partial charge in [-0.1, -0.05) is 41.9 Å². The first-order chi connectivity index (χ1) is 9.52. The topological polar surface area (TPSA) is 42.0 Å². The van der Waals surface area contributed by atoms with E-state index in [1.165, 1.54) is 16.9 Å². The Morgan fingerprint density at radius 1 is 1.35 bits per heavy atom. The summed E-state index contributed by atoms with van der Waals surface area (Å²) in [5.74, 6) is 0.390. The fourth-order valence-corrected chi connectivity index (χ4v) is 2.92. The Balaban J connectivity index is 1.95. The number of carbonyl (C=O) groups excluding carboxylic acids is 1. The molecule has 0 atom stereocenters. The first kappa shape index (κ1) is 15.2. The molecule has 1 aromatic carbocycles. The van der Waals surface area contributed by atoms with Crippen molar-refractivity contribution in [2.45, 2.75) is 26.7 Å². The maximum atomic E-state index is 11.7. The molecule has 106 valence electrons. The van der Waals surface area contributed by atoms with Crippen LogP contribution in [-0.2, 0) is 11.2 Å². The zero-order valence-electron chi connectivity index (χ0n) is 11.5. The van der Waals surface area contributed by atoms with Gasteiger partial charge >= 0.3 is 0 Å². The number of benzene rings is 1. The van der Waals surface area contributed by atoms with Crippen LogP contribution in [0.15, 0.2) is 34.9 Å². The summed E-state index contributed by atoms with van der Waals surface area (Å²) >= 11 is 4.96. The molecule has 5 heteroatoms. The van der Waals surface area contributed by atoms with Gasteiger partial charge in [-0.2, -0.15) is 0 Å². The van der Waals surface area contributed by atoms with Crippen molar-refractivity contribution in [2.24, 2.45) is 5.92 Å². The van der Waals surface area contributed by atoms with Crippen LogP contribution in [-0.4, -0.2) is 10.9 Å². The van der Waals surface area contributed by atoms with E-state index in [9.17, 15) is 4.79 Å². The molecule has 0 radical (unpaired) electrons. The Kier molecular flexibility index (Phi) is 5.31. The predicted octanol–water partition coefficient (Wildman–Crippen LogP) is 4.48. The minimum atomic E-state index is 0.0320. The summed E-state index contributed by atoms with van der Waals surface area (Å²) in [6, 6.07) is 8.23. The third kappa shape index (κ3) is 4.72. The molecule has 1 N–H and O–H groups in total. The largest absolute Gasteiger partial charge is 0.302 e. The van der Waals surface area contributed by atoms with E-state index in [0.29, 0.717) is 17.5 Å². The Morgan fingerprint density at radius 3 is 2.70 bits per heavy atom. The van der Waals surface area contributed by atoms with E-state index in [1.807, 2.05) is 32.2 Å². The standard InChI is InChI=1S/C15H17BrN2OS/c1-10(2)7-14(19)18-15-17-9-13(20-15)8-11-3-5-12(16)6-4-11/h3-6,9-10H,7-8H2,1-2H3,(H,17,18,19). The monoisotopic (exact) mass is 352 g/mol. The predicted molar refractivity (Wildman–Crippen MR) is 87.1 cm³/mol. The summed E-state index contributed by atoms with van der Waals surface area (Å²) in [6.45, 7) is 4.06. The zero-order valence-corrected chi connectivity index (χ0v) is 13.9. The molecule has 1 aromatic heterocycles. The molecule has 0 saturated carbocycles. The molecule has 0 unspecified atom stereocenters. The van der Waals surface area contributed by atoms with Gasteiger partial charge in [-0.05, 0) is 23.6 Å². The Labute approximate surface area is 131 Å². The summed E-state index contributed by atoms with van der Waals surface area (Å²) in [7, 11) is 0. The van der Waals surface area contributed by atoms with Crippen LogP contribution >= 0.6 is 27.3 Å². The Morgan fingerprint density at radius 2 is 2.05 bits per heavy atom. The molecule has 3 nitrogen and oxygen atoms in total. The Hall–Kier alpha value is -1.20. The lowest BCUT2D eigenvalue weighted by Gasteiger charge is -2.03. The lowest BCUT2D eigenvalue weighted by molar-refractivity contribution is -0.116. The highest BCUT2D eigenvalue weighted by atomic mass is 79.9. The molecule has 0 saturated heterocycles. The summed E-state index contributed by atoms with van der Waals surface area (Å²) in [5, 5.41) is 3.53. The molecule has 0 aliphatic carbocycles. The van der Waals surface area contributed by atoms with Crippen molar-refractivity contribution in [2.75, 3.05) is 5.32 Å². The van der Waals surface area contributed by atoms with Crippen LogP contribution in [0.5, 0.6) is 0 Å². The van der Waals surface area contributed by atoms with Gasteiger partial charge in [0.1, 0.15) is 0 Å². The van der Waals surface area contributed by atoms with Gasteiger partial charge in [0.2, 0.25) is 5.91 Å². The highest BCUT2D eigenvalue weighted by Gasteiger charge is 2.08. The summed E-state index contributed by atoms with van der Waals surface area (Å²) in [4.78, 5) is 17.1. The second kappa shape index (κ2) is 6.99. The summed E-state index contributed by atoms with van der Waals surface area (Å²) < 4.78 is 1.08. The number of thiazole rings is 1. The number of anilines is 1. The molecule has 2 aromatic rings. The van der Waals surface area contributed by atoms with Crippen LogP contribution in [0.4, 0.5) is 5.13 Å². The SMILES string of the molecule is CC(C)CC(=O)Nc1ncc(Cc2ccc(Br)cc2)s1. The molecular weight excluding hydrogens is 336 g/mol. The Bertz CT molecular complexity index is 578. The van der Waals surface area contributed by atoms with Gasteiger partial charge < -0.3 is 5.32 Å². The number of amides is 1. The van der Waals surface area contributed by atoms with Gasteiger partial charge in [0, 0.05) is 28.4 Å². The van der Waals surface area contributed by atoms with Crippen molar-refractivity contribution in [3.63, 3.8) is 0 Å². The second-order valence-corrected chi connectivity index (χ2v) is 7.11. The number of nitrogens with zero attached hydrogens (tertiary/aromatic N) is 1. The molecule has 0 aliphatic heterocycles. The van der Waals surface area contributed by atoms with Gasteiger partial charge in [-0.25, -0.2) is 4.98 Å². The van der Waals surface area contributed by atoms with Crippen molar-refractivity contribution in [1.82, 2.24) is 4.98 Å². The lowest BCUT2D eigenvalue weighted by atomic mass is 10.1. The third-order valence-electron chi connectivity index (χ3n) is 2.69. The third-order valence-corrected chi connectivity index (χ3v) is 4.13. The van der Waals surface area contributed by atoms with E-state index < -0.39 is 0 Å². The molecule has 1 amide bonds. The number of hydrogen-bond donors (Lipinski definition) is 1. The molecule has 20 heavy (non-hydrogen) atoms. The zero-order chi connectivity index (χ0) is 14.5. The minimum Gasteiger partial charge on any atom is -0.302 e. The van der Waals surface area contributed by atoms with E-state index in [2.05, 4.69) is 38.4 Å². The first-order valence-corrected chi connectivity index (χ1v) is 8.13. The number of carbonyl (C=O) groups is 1. The highest BCUT2D eigenvalue weighted by molar-refractivity contribution is 9.10. The minimum absolute atomic E-state index is 0.0320. The number of nitrogens with one attached hydrogen (secondary N) is 1. The number of rotatable bonds is 5. The summed E-state index contributed by atoms with van der Waals surface area (Å²) in [6.07, 6.45) is 3.20. The van der Waals surface area contributed by atoms with E-state index in [4.69, 9.17) is 0 Å². The van der Waals surface area contributed by atoms with Crippen molar-refractivity contribution in [1.29, 1.82) is 0 Å². The van der Waals surface area contributed by atoms with E-state index in [0.717, 1.165) is 15.8 Å². The van der Waals surface area contributed by atoms with Gasteiger partial charge in [-0.15, -0.1) is 11.3 Å². The molecule has 0 spiro atoms. The van der Waals surface area contributed by atoms with Crippen LogP contribution in [0.1, 0.15) is 30.7 Å². The maximum absolute atomic E-state index is 11.7. The van der Waals surface area contributed by atoms with Crippen LogP contribution < -0.4 is 5.32 Å². The fraction of sp³-hybridized carbons (Fsp3) is 0.333. The molecule has 0 aliphatic rings. The molecule has 2 rings (SSSR count). The molecule has 0 fully saturated rings. The van der Waals surface area contributed by atoms with Crippen molar-refractivity contribution < 1.29 is 4.79 Å². The quantitative estimate of drug-likeness (QED) is 0.861. The van der Waals surface area contributed by atoms with Crippen LogP contribution in [0.3, 0.4) is 0 Å². The number of halogens is 1. The maximum Gasteiger partial charge on any atom is 0.226 e. The van der Waals surface area contributed by atoms with Crippen molar-refractivity contribution in [3.05, 3.63) is 45.4 Å². The lowest BCUT2D eigenvalue weighted by Crippen LogP contribution is -2.13. The van der Waals surface area contributed by atoms with Crippen molar-refractivity contribution in [3.8, 4) is 0 Å². The molecule has 0 bridgehead atoms. The number of aromatic nitrogens is 1. The number of hydrogen-bond acceptors (Lipinski definition) is 3. The van der Waals surface area contributed by atoms with Crippen molar-refractivity contribution >= 4 is 38.3 Å². The second-order valence-electron chi connectivity index (χ2n) is 5.08. The average Bonchev–Trinajstić information content (AvgIpc) is 2.78. The average molecular weight is 353 g/mol. The van der Waals surface area contributed by atoms with Crippen LogP contribution in [0.25, 0.3) is 0 Å². The highest BCUT2D eigenvalue weighted by Crippen LogP contribution is 2.22. The van der Waals surface area contributed by atoms with Gasteiger partial charge in [0.25, 0.3) is 0 Å². The molecular formula is C15H17BrN2OS. The van der Waals surface area contributed by atoms with Crippen LogP contribution in [0.2, 0.25) is 0 Å². The van der Waals surface area contributed by atoms with Gasteiger partial charge in [-0.3, -0.25) is 4.79 Å². The smallest absolute Gasteiger partial charge is 0.226 e. The first-order valence-electron chi connectivity index (χ1n) is 6.52. The van der Waals surface area contributed by atoms with Gasteiger partial charge in [0.05, 0.1) is 0 Å². The summed E-state index contributed by atoms with van der Waals surface area (Å²) in [5.41, 5.74) is 1.23. The van der Waals surface area contributed by atoms with E-state index >= 15 is 0 Å². The van der Waals surface area contributed by atoms with Crippen LogP contribution in [0, 0.1) is 5.92 Å². The van der Waals surface area contributed by atoms with E-state index in [1.54, 1.807) is 0 Å². The fourth-order valence-electron chi connectivity index (χ4n) is 1.79. The normalized spacial score (nSPS) is 10.8. The molecule has 1 heterocycles.